The van der Waals surface area contributed by atoms with E-state index in [2.05, 4.69) is 25.4 Å². The number of hydrogen-bond donors (Lipinski definition) is 2. The molecule has 0 unspecified atom stereocenters. The summed E-state index contributed by atoms with van der Waals surface area (Å²) in [6.45, 7) is 2.86. The van der Waals surface area contributed by atoms with Crippen LogP contribution in [0.15, 0.2) is 60.9 Å². The van der Waals surface area contributed by atoms with E-state index in [0.29, 0.717) is 49.6 Å². The number of piperazine rings is 1. The van der Waals surface area contributed by atoms with Crippen molar-refractivity contribution in [2.75, 3.05) is 41.7 Å². The van der Waals surface area contributed by atoms with E-state index in [4.69, 9.17) is 17.0 Å². The van der Waals surface area contributed by atoms with Crippen molar-refractivity contribution in [2.24, 2.45) is 0 Å². The summed E-state index contributed by atoms with van der Waals surface area (Å²) in [5, 5.41) is 17.8. The van der Waals surface area contributed by atoms with Crippen molar-refractivity contribution in [1.82, 2.24) is 9.88 Å². The van der Waals surface area contributed by atoms with E-state index in [1.807, 2.05) is 6.07 Å². The minimum absolute atomic E-state index is 0.0653. The number of thiocarbonyl (C=S) groups is 1. The highest BCUT2D eigenvalue weighted by atomic mass is 32.1. The summed E-state index contributed by atoms with van der Waals surface area (Å²) in [5.74, 6) is 0.343. The van der Waals surface area contributed by atoms with Crippen LogP contribution in [-0.4, -0.2) is 58.2 Å². The summed E-state index contributed by atoms with van der Waals surface area (Å²) in [4.78, 5) is 18.6. The largest absolute Gasteiger partial charge is 0.489 e. The molecule has 228 valence electrons. The van der Waals surface area contributed by atoms with Crippen LogP contribution >= 0.6 is 12.2 Å². The number of hydrogen-bond acceptors (Lipinski definition) is 7. The van der Waals surface area contributed by atoms with E-state index in [0.717, 1.165) is 36.6 Å². The maximum absolute atomic E-state index is 13.3. The number of pyridine rings is 1. The molecule has 1 aromatic heterocycles. The molecule has 43 heavy (non-hydrogen) atoms. The fraction of sp³-hybridized carbons (Fsp3) is 0.379. The predicted octanol–water partition coefficient (Wildman–Crippen LogP) is 6.47. The van der Waals surface area contributed by atoms with E-state index < -0.39 is 22.4 Å². The minimum atomic E-state index is -4.82. The second kappa shape index (κ2) is 13.0. The normalized spacial score (nSPS) is 19.1. The van der Waals surface area contributed by atoms with Crippen molar-refractivity contribution < 1.29 is 27.2 Å². The molecule has 2 fully saturated rings. The molecule has 14 heteroatoms. The molecule has 5 rings (SSSR count). The smallest absolute Gasteiger partial charge is 0.423 e. The number of alkyl halides is 3. The van der Waals surface area contributed by atoms with Gasteiger partial charge in [0.05, 0.1) is 29.1 Å². The molecule has 2 aliphatic rings. The van der Waals surface area contributed by atoms with Crippen LogP contribution in [0, 0.1) is 15.9 Å². The van der Waals surface area contributed by atoms with Crippen LogP contribution in [0.3, 0.4) is 0 Å². The number of anilines is 3. The third kappa shape index (κ3) is 7.80. The second-order valence-electron chi connectivity index (χ2n) is 10.5. The van der Waals surface area contributed by atoms with Gasteiger partial charge in [0.2, 0.25) is 0 Å². The van der Waals surface area contributed by atoms with Crippen LogP contribution in [0.4, 0.5) is 40.3 Å². The first-order valence-corrected chi connectivity index (χ1v) is 14.3. The Morgan fingerprint density at radius 3 is 2.30 bits per heavy atom. The first kappa shape index (κ1) is 30.3. The maximum atomic E-state index is 13.3. The molecule has 1 saturated heterocycles. The molecule has 0 amide bonds. The monoisotopic (exact) mass is 618 g/mol. The number of nitro benzene ring substituents is 1. The molecular formula is C29H30F4N6O3S. The van der Waals surface area contributed by atoms with Crippen molar-refractivity contribution in [3.8, 4) is 5.75 Å². The second-order valence-corrected chi connectivity index (χ2v) is 10.9. The fourth-order valence-electron chi connectivity index (χ4n) is 5.31. The highest BCUT2D eigenvalue weighted by Gasteiger charge is 2.38. The Bertz CT molecular complexity index is 1440. The number of benzene rings is 2. The maximum Gasteiger partial charge on any atom is 0.423 e. The Balaban J connectivity index is 1.10. The standard InChI is InChI=1S/C29H30F4N6O3S/c30-19-1-3-21(4-2-19)36-28(43)38-13-11-37(12-14-38)23-16-25(18-34-17-23)42-24-8-5-20(6-9-24)35-22-7-10-27(39(40)41)26(15-22)29(31,32)33/h1-4,7,10,15-18,20,24,35H,5-6,8-9,11-14H2,(H,36,43). The van der Waals surface area contributed by atoms with Gasteiger partial charge < -0.3 is 25.2 Å². The van der Waals surface area contributed by atoms with E-state index in [1.54, 1.807) is 24.5 Å². The molecule has 0 bridgehead atoms. The molecule has 1 aliphatic carbocycles. The lowest BCUT2D eigenvalue weighted by molar-refractivity contribution is -0.388. The molecule has 2 aromatic carbocycles. The SMILES string of the molecule is O=[N+]([O-])c1ccc(NC2CCC(Oc3cncc(N4CCN(C(=S)Nc5ccc(F)cc5)CC4)c3)CC2)cc1C(F)(F)F. The summed E-state index contributed by atoms with van der Waals surface area (Å²) in [6.07, 6.45) is 1.30. The first-order chi connectivity index (χ1) is 20.5. The summed E-state index contributed by atoms with van der Waals surface area (Å²) in [5.41, 5.74) is -0.364. The Labute approximate surface area is 251 Å². The van der Waals surface area contributed by atoms with Crippen molar-refractivity contribution in [3.63, 3.8) is 0 Å². The third-order valence-corrected chi connectivity index (χ3v) is 7.93. The van der Waals surface area contributed by atoms with E-state index in [-0.39, 0.29) is 23.7 Å². The lowest BCUT2D eigenvalue weighted by Gasteiger charge is -2.37. The van der Waals surface area contributed by atoms with Gasteiger partial charge in [-0.15, -0.1) is 0 Å². The number of nitrogens with one attached hydrogen (secondary N) is 2. The van der Waals surface area contributed by atoms with Gasteiger partial charge in [0, 0.05) is 55.7 Å². The lowest BCUT2D eigenvalue weighted by atomic mass is 9.92. The Morgan fingerprint density at radius 1 is 0.977 bits per heavy atom. The molecular weight excluding hydrogens is 588 g/mol. The highest BCUT2D eigenvalue weighted by Crippen LogP contribution is 2.38. The molecule has 9 nitrogen and oxygen atoms in total. The van der Waals surface area contributed by atoms with Gasteiger partial charge in [0.15, 0.2) is 5.11 Å². The zero-order valence-corrected chi connectivity index (χ0v) is 23.8. The van der Waals surface area contributed by atoms with Crippen LogP contribution in [0.5, 0.6) is 5.75 Å². The van der Waals surface area contributed by atoms with Gasteiger partial charge in [-0.3, -0.25) is 15.1 Å². The van der Waals surface area contributed by atoms with Gasteiger partial charge in [-0.2, -0.15) is 13.2 Å². The van der Waals surface area contributed by atoms with Gasteiger partial charge >= 0.3 is 6.18 Å². The molecule has 3 aromatic rings. The van der Waals surface area contributed by atoms with Crippen molar-refractivity contribution in [1.29, 1.82) is 0 Å². The van der Waals surface area contributed by atoms with Crippen LogP contribution in [0.1, 0.15) is 31.2 Å². The Morgan fingerprint density at radius 2 is 1.65 bits per heavy atom. The third-order valence-electron chi connectivity index (χ3n) is 7.57. The number of nitrogens with zero attached hydrogens (tertiary/aromatic N) is 4. The minimum Gasteiger partial charge on any atom is -0.489 e. The van der Waals surface area contributed by atoms with Gasteiger partial charge in [-0.1, -0.05) is 0 Å². The van der Waals surface area contributed by atoms with Gasteiger partial charge in [-0.05, 0) is 74.3 Å². The summed E-state index contributed by atoms with van der Waals surface area (Å²) in [6, 6.07) is 10.9. The van der Waals surface area contributed by atoms with Crippen LogP contribution in [0.25, 0.3) is 0 Å². The Hall–Kier alpha value is -4.20. The average Bonchev–Trinajstić information content (AvgIpc) is 2.99. The van der Waals surface area contributed by atoms with Gasteiger partial charge in [-0.25, -0.2) is 4.39 Å². The number of rotatable bonds is 7. The van der Waals surface area contributed by atoms with Crippen molar-refractivity contribution in [3.05, 3.63) is 82.4 Å². The predicted molar refractivity (Wildman–Crippen MR) is 159 cm³/mol. The lowest BCUT2D eigenvalue weighted by Crippen LogP contribution is -2.50. The van der Waals surface area contributed by atoms with Crippen LogP contribution < -0.4 is 20.3 Å². The summed E-state index contributed by atoms with van der Waals surface area (Å²) in [7, 11) is 0. The fourth-order valence-corrected chi connectivity index (χ4v) is 5.61. The summed E-state index contributed by atoms with van der Waals surface area (Å²) < 4.78 is 59.4. The zero-order valence-electron chi connectivity index (χ0n) is 23.0. The molecule has 2 N–H and O–H groups in total. The molecule has 2 heterocycles. The quantitative estimate of drug-likeness (QED) is 0.134. The summed E-state index contributed by atoms with van der Waals surface area (Å²) >= 11 is 5.53. The van der Waals surface area contributed by atoms with Gasteiger partial charge in [0.25, 0.3) is 5.69 Å². The number of nitro groups is 1. The highest BCUT2D eigenvalue weighted by molar-refractivity contribution is 7.80. The molecule has 0 radical (unpaired) electrons. The van der Waals surface area contributed by atoms with E-state index in [1.165, 1.54) is 18.2 Å². The topological polar surface area (TPSA) is 95.8 Å². The van der Waals surface area contributed by atoms with E-state index in [9.17, 15) is 27.7 Å². The first-order valence-electron chi connectivity index (χ1n) is 13.9. The zero-order chi connectivity index (χ0) is 30.6. The van der Waals surface area contributed by atoms with E-state index >= 15 is 0 Å². The van der Waals surface area contributed by atoms with Crippen LogP contribution in [-0.2, 0) is 6.18 Å². The van der Waals surface area contributed by atoms with Crippen molar-refractivity contribution >= 4 is 40.1 Å². The average molecular weight is 619 g/mol. The number of halogens is 4. The number of aromatic nitrogens is 1. The Kier molecular flexibility index (Phi) is 9.14. The molecule has 0 atom stereocenters. The van der Waals surface area contributed by atoms with Gasteiger partial charge in [0.1, 0.15) is 17.1 Å². The van der Waals surface area contributed by atoms with Crippen LogP contribution in [0.2, 0.25) is 0 Å². The van der Waals surface area contributed by atoms with Crippen molar-refractivity contribution in [2.45, 2.75) is 44.0 Å². The molecule has 1 aliphatic heterocycles. The molecule has 1 saturated carbocycles. The molecule has 0 spiro atoms. The number of ether oxygens (including phenoxy) is 1.